The normalized spacial score (nSPS) is 35.6. The molecule has 2 nitrogen and oxygen atoms in total. The van der Waals surface area contributed by atoms with Gasteiger partial charge < -0.3 is 5.32 Å². The first kappa shape index (κ1) is 13.6. The first-order valence-electron chi connectivity index (χ1n) is 7.71. The summed E-state index contributed by atoms with van der Waals surface area (Å²) in [6, 6.07) is 0.752. The molecule has 2 aliphatic carbocycles. The van der Waals surface area contributed by atoms with Crippen molar-refractivity contribution in [2.75, 3.05) is 0 Å². The van der Waals surface area contributed by atoms with E-state index < -0.39 is 0 Å². The van der Waals surface area contributed by atoms with Gasteiger partial charge in [0.1, 0.15) is 5.01 Å². The van der Waals surface area contributed by atoms with Crippen LogP contribution in [0.3, 0.4) is 0 Å². The molecule has 0 aliphatic heterocycles. The molecule has 1 heterocycles. The largest absolute Gasteiger partial charge is 0.303 e. The molecule has 2 saturated carbocycles. The number of aromatic nitrogens is 1. The number of nitrogens with zero attached hydrogens (tertiary/aromatic N) is 1. The first-order chi connectivity index (χ1) is 8.98. The van der Waals surface area contributed by atoms with Crippen LogP contribution in [0.4, 0.5) is 0 Å². The third-order valence-corrected chi connectivity index (χ3v) is 5.97. The van der Waals surface area contributed by atoms with Crippen molar-refractivity contribution in [1.29, 1.82) is 0 Å². The van der Waals surface area contributed by atoms with Gasteiger partial charge >= 0.3 is 0 Å². The Morgan fingerprint density at radius 1 is 1.16 bits per heavy atom. The van der Waals surface area contributed by atoms with Crippen molar-refractivity contribution in [3.05, 3.63) is 15.6 Å². The molecule has 0 bridgehead atoms. The van der Waals surface area contributed by atoms with Gasteiger partial charge in [0.05, 0.1) is 11.2 Å². The van der Waals surface area contributed by atoms with Crippen LogP contribution in [-0.4, -0.2) is 11.0 Å². The molecule has 2 fully saturated rings. The zero-order valence-corrected chi connectivity index (χ0v) is 13.4. The third-order valence-electron chi connectivity index (χ3n) is 4.69. The second-order valence-electron chi connectivity index (χ2n) is 7.02. The predicted molar refractivity (Wildman–Crippen MR) is 81.6 cm³/mol. The third kappa shape index (κ3) is 2.73. The number of nitrogens with one attached hydrogen (secondary N) is 1. The molecule has 1 aromatic heterocycles. The molecule has 2 unspecified atom stereocenters. The molecule has 0 saturated heterocycles. The maximum absolute atomic E-state index is 4.91. The average Bonchev–Trinajstić information content (AvgIpc) is 3.03. The minimum atomic E-state index is 0.169. The van der Waals surface area contributed by atoms with Gasteiger partial charge in [0.25, 0.3) is 0 Å². The Hall–Kier alpha value is -0.410. The number of aryl methyl sites for hydroxylation is 2. The lowest BCUT2D eigenvalue weighted by Gasteiger charge is -2.42. The smallest absolute Gasteiger partial charge is 0.113 e. The van der Waals surface area contributed by atoms with Crippen molar-refractivity contribution < 1.29 is 0 Å². The van der Waals surface area contributed by atoms with E-state index in [-0.39, 0.29) is 5.54 Å². The molecule has 2 aliphatic rings. The summed E-state index contributed by atoms with van der Waals surface area (Å²) in [6.45, 7) is 9.17. The highest BCUT2D eigenvalue weighted by Crippen LogP contribution is 2.46. The topological polar surface area (TPSA) is 24.9 Å². The van der Waals surface area contributed by atoms with Crippen molar-refractivity contribution >= 4 is 11.3 Å². The lowest BCUT2D eigenvalue weighted by Crippen LogP contribution is -2.48. The predicted octanol–water partition coefficient (Wildman–Crippen LogP) is 4.16. The molecule has 0 aromatic carbocycles. The Bertz CT molecular complexity index is 426. The highest BCUT2D eigenvalue weighted by atomic mass is 32.1. The van der Waals surface area contributed by atoms with Crippen LogP contribution in [0.5, 0.6) is 0 Å². The lowest BCUT2D eigenvalue weighted by molar-refractivity contribution is 0.141. The fraction of sp³-hybridized carbons (Fsp3) is 0.812. The highest BCUT2D eigenvalue weighted by Gasteiger charge is 2.44. The minimum absolute atomic E-state index is 0.169. The molecule has 3 heteroatoms. The van der Waals surface area contributed by atoms with E-state index in [1.54, 1.807) is 0 Å². The Morgan fingerprint density at radius 3 is 2.26 bits per heavy atom. The minimum Gasteiger partial charge on any atom is -0.303 e. The maximum atomic E-state index is 4.91. The highest BCUT2D eigenvalue weighted by molar-refractivity contribution is 7.11. The molecule has 0 spiro atoms. The van der Waals surface area contributed by atoms with Gasteiger partial charge in [-0.3, -0.25) is 0 Å². The van der Waals surface area contributed by atoms with E-state index >= 15 is 0 Å². The summed E-state index contributed by atoms with van der Waals surface area (Å²) in [5.74, 6) is 1.61. The van der Waals surface area contributed by atoms with Crippen molar-refractivity contribution in [1.82, 2.24) is 10.3 Å². The first-order valence-corrected chi connectivity index (χ1v) is 8.52. The van der Waals surface area contributed by atoms with Crippen LogP contribution in [-0.2, 0) is 5.54 Å². The van der Waals surface area contributed by atoms with E-state index in [4.69, 9.17) is 4.98 Å². The van der Waals surface area contributed by atoms with Crippen LogP contribution < -0.4 is 5.32 Å². The number of rotatable bonds is 3. The summed E-state index contributed by atoms with van der Waals surface area (Å²) in [7, 11) is 0. The molecule has 1 N–H and O–H groups in total. The van der Waals surface area contributed by atoms with Crippen LogP contribution in [0.15, 0.2) is 0 Å². The fourth-order valence-electron chi connectivity index (χ4n) is 3.78. The molecular weight excluding hydrogens is 252 g/mol. The van der Waals surface area contributed by atoms with Gasteiger partial charge in [-0.1, -0.05) is 13.8 Å². The van der Waals surface area contributed by atoms with E-state index in [1.165, 1.54) is 47.7 Å². The van der Waals surface area contributed by atoms with Crippen LogP contribution in [0, 0.1) is 25.7 Å². The maximum Gasteiger partial charge on any atom is 0.113 e. The summed E-state index contributed by atoms with van der Waals surface area (Å²) in [6.07, 6.45) is 6.61. The van der Waals surface area contributed by atoms with E-state index in [0.29, 0.717) is 0 Å². The Kier molecular flexibility index (Phi) is 3.46. The van der Waals surface area contributed by atoms with Gasteiger partial charge in [0.15, 0.2) is 0 Å². The zero-order valence-electron chi connectivity index (χ0n) is 12.6. The van der Waals surface area contributed by atoms with Crippen molar-refractivity contribution in [3.63, 3.8) is 0 Å². The SMILES string of the molecule is Cc1nc(C2(NC3CC3)CC(C)CC(C)C2)sc1C. The standard InChI is InChI=1S/C16H26N2S/c1-10-7-11(2)9-16(8-10,18-14-5-6-14)15-17-12(3)13(4)19-15/h10-11,14,18H,5-9H2,1-4H3. The number of thiazole rings is 1. The van der Waals surface area contributed by atoms with Gasteiger partial charge in [-0.05, 0) is 57.8 Å². The van der Waals surface area contributed by atoms with Gasteiger partial charge in [-0.25, -0.2) is 4.98 Å². The van der Waals surface area contributed by atoms with Crippen LogP contribution >= 0.6 is 11.3 Å². The van der Waals surface area contributed by atoms with Crippen molar-refractivity contribution in [2.24, 2.45) is 11.8 Å². The van der Waals surface area contributed by atoms with Crippen molar-refractivity contribution in [2.45, 2.75) is 71.4 Å². The van der Waals surface area contributed by atoms with Gasteiger partial charge in [0.2, 0.25) is 0 Å². The monoisotopic (exact) mass is 278 g/mol. The summed E-state index contributed by atoms with van der Waals surface area (Å²) in [5, 5.41) is 5.33. The lowest BCUT2D eigenvalue weighted by atomic mass is 9.71. The summed E-state index contributed by atoms with van der Waals surface area (Å²) < 4.78 is 0. The molecule has 0 amide bonds. The van der Waals surface area contributed by atoms with Crippen LogP contribution in [0.2, 0.25) is 0 Å². The van der Waals surface area contributed by atoms with Gasteiger partial charge in [-0.15, -0.1) is 11.3 Å². The summed E-state index contributed by atoms with van der Waals surface area (Å²) in [4.78, 5) is 6.30. The molecular formula is C16H26N2S. The number of hydrogen-bond acceptors (Lipinski definition) is 3. The number of hydrogen-bond donors (Lipinski definition) is 1. The van der Waals surface area contributed by atoms with E-state index in [1.807, 2.05) is 11.3 Å². The fourth-order valence-corrected chi connectivity index (χ4v) is 4.86. The van der Waals surface area contributed by atoms with E-state index in [0.717, 1.165) is 17.9 Å². The quantitative estimate of drug-likeness (QED) is 0.898. The van der Waals surface area contributed by atoms with Crippen molar-refractivity contribution in [3.8, 4) is 0 Å². The Labute approximate surface area is 121 Å². The molecule has 2 atom stereocenters. The van der Waals surface area contributed by atoms with E-state index in [9.17, 15) is 0 Å². The molecule has 106 valence electrons. The van der Waals surface area contributed by atoms with E-state index in [2.05, 4.69) is 33.0 Å². The summed E-state index contributed by atoms with van der Waals surface area (Å²) >= 11 is 1.92. The van der Waals surface area contributed by atoms with Crippen LogP contribution in [0.1, 0.15) is 61.5 Å². The Balaban J connectivity index is 1.94. The van der Waals surface area contributed by atoms with Gasteiger partial charge in [0, 0.05) is 10.9 Å². The molecule has 1 aromatic rings. The Morgan fingerprint density at radius 2 is 1.79 bits per heavy atom. The molecule has 3 rings (SSSR count). The second-order valence-corrected chi connectivity index (χ2v) is 8.22. The van der Waals surface area contributed by atoms with Gasteiger partial charge in [-0.2, -0.15) is 0 Å². The zero-order chi connectivity index (χ0) is 13.6. The average molecular weight is 278 g/mol. The molecule has 0 radical (unpaired) electrons. The molecule has 19 heavy (non-hydrogen) atoms. The van der Waals surface area contributed by atoms with Crippen LogP contribution in [0.25, 0.3) is 0 Å². The second kappa shape index (κ2) is 4.85. The summed E-state index contributed by atoms with van der Waals surface area (Å²) in [5.41, 5.74) is 1.39.